The van der Waals surface area contributed by atoms with E-state index in [4.69, 9.17) is 10.8 Å². The van der Waals surface area contributed by atoms with Crippen molar-refractivity contribution in [1.82, 2.24) is 4.90 Å². The first-order chi connectivity index (χ1) is 6.57. The highest BCUT2D eigenvalue weighted by atomic mass is 32.2. The van der Waals surface area contributed by atoms with E-state index in [2.05, 4.69) is 0 Å². The lowest BCUT2D eigenvalue weighted by molar-refractivity contribution is -0.148. The molecule has 2 atom stereocenters. The van der Waals surface area contributed by atoms with E-state index in [-0.39, 0.29) is 5.91 Å². The van der Waals surface area contributed by atoms with Crippen molar-refractivity contribution in [2.24, 2.45) is 5.73 Å². The molecule has 0 aliphatic carbocycles. The molecule has 0 aromatic heterocycles. The molecule has 6 heteroatoms. The summed E-state index contributed by atoms with van der Waals surface area (Å²) in [6, 6.07) is -1.28. The lowest BCUT2D eigenvalue weighted by Gasteiger charge is -2.23. The van der Waals surface area contributed by atoms with Crippen molar-refractivity contribution >= 4 is 23.6 Å². The van der Waals surface area contributed by atoms with E-state index in [0.717, 1.165) is 0 Å². The van der Waals surface area contributed by atoms with E-state index in [9.17, 15) is 9.59 Å². The van der Waals surface area contributed by atoms with Gasteiger partial charge in [-0.15, -0.1) is 11.8 Å². The second-order valence-corrected chi connectivity index (χ2v) is 4.18. The number of amides is 1. The molecule has 1 heterocycles. The standard InChI is InChI=1S/C8H14N2O3S/c1-2-5(9)7(11)10-4-14-3-6(10)8(12)13/h5-6H,2-4,9H2,1H3,(H,12,13)/t5-,6?/m1/s1. The lowest BCUT2D eigenvalue weighted by Crippen LogP contribution is -2.48. The zero-order valence-electron chi connectivity index (χ0n) is 7.97. The van der Waals surface area contributed by atoms with Crippen molar-refractivity contribution in [1.29, 1.82) is 0 Å². The van der Waals surface area contributed by atoms with Gasteiger partial charge < -0.3 is 15.7 Å². The molecule has 1 amide bonds. The highest BCUT2D eigenvalue weighted by Gasteiger charge is 2.35. The van der Waals surface area contributed by atoms with Crippen LogP contribution in [0.4, 0.5) is 0 Å². The topological polar surface area (TPSA) is 83.6 Å². The number of carbonyl (C=O) groups is 2. The minimum atomic E-state index is -0.952. The Kier molecular flexibility index (Phi) is 3.77. The van der Waals surface area contributed by atoms with Crippen LogP contribution in [0.1, 0.15) is 13.3 Å². The van der Waals surface area contributed by atoms with Crippen molar-refractivity contribution in [2.75, 3.05) is 11.6 Å². The van der Waals surface area contributed by atoms with E-state index in [1.54, 1.807) is 0 Å². The van der Waals surface area contributed by atoms with Gasteiger partial charge in [-0.05, 0) is 6.42 Å². The van der Waals surface area contributed by atoms with E-state index < -0.39 is 18.1 Å². The normalized spacial score (nSPS) is 23.6. The summed E-state index contributed by atoms with van der Waals surface area (Å²) in [4.78, 5) is 23.7. The highest BCUT2D eigenvalue weighted by Crippen LogP contribution is 2.21. The van der Waals surface area contributed by atoms with Crippen LogP contribution in [0, 0.1) is 0 Å². The largest absolute Gasteiger partial charge is 0.480 e. The Hall–Kier alpha value is -0.750. The van der Waals surface area contributed by atoms with Crippen LogP contribution in [0.2, 0.25) is 0 Å². The number of carbonyl (C=O) groups excluding carboxylic acids is 1. The van der Waals surface area contributed by atoms with Gasteiger partial charge in [0.15, 0.2) is 0 Å². The molecule has 5 nitrogen and oxygen atoms in total. The first-order valence-electron chi connectivity index (χ1n) is 4.44. The average molecular weight is 218 g/mol. The fourth-order valence-electron chi connectivity index (χ4n) is 1.25. The van der Waals surface area contributed by atoms with Crippen molar-refractivity contribution in [2.45, 2.75) is 25.4 Å². The molecule has 0 bridgehead atoms. The fourth-order valence-corrected chi connectivity index (χ4v) is 2.41. The van der Waals surface area contributed by atoms with Gasteiger partial charge in [0.05, 0.1) is 11.9 Å². The Morgan fingerprint density at radius 3 is 2.86 bits per heavy atom. The van der Waals surface area contributed by atoms with E-state index in [1.807, 2.05) is 6.92 Å². The maximum atomic E-state index is 11.6. The molecule has 1 aliphatic heterocycles. The molecular weight excluding hydrogens is 204 g/mol. The summed E-state index contributed by atoms with van der Waals surface area (Å²) < 4.78 is 0. The number of carboxylic acid groups (broad SMARTS) is 1. The molecule has 0 aromatic carbocycles. The first-order valence-corrected chi connectivity index (χ1v) is 5.60. The molecule has 3 N–H and O–H groups in total. The molecule has 0 saturated carbocycles. The molecule has 1 fully saturated rings. The van der Waals surface area contributed by atoms with Crippen molar-refractivity contribution < 1.29 is 14.7 Å². The van der Waals surface area contributed by atoms with E-state index in [1.165, 1.54) is 16.7 Å². The van der Waals surface area contributed by atoms with Crippen LogP contribution >= 0.6 is 11.8 Å². The molecule has 14 heavy (non-hydrogen) atoms. The predicted octanol–water partition coefficient (Wildman–Crippen LogP) is -0.290. The summed E-state index contributed by atoms with van der Waals surface area (Å²) in [5, 5.41) is 8.84. The van der Waals surface area contributed by atoms with E-state index in [0.29, 0.717) is 18.1 Å². The average Bonchev–Trinajstić information content (AvgIpc) is 2.63. The molecule has 0 spiro atoms. The lowest BCUT2D eigenvalue weighted by atomic mass is 10.2. The summed E-state index contributed by atoms with van der Waals surface area (Å²) in [5.41, 5.74) is 5.57. The Morgan fingerprint density at radius 1 is 1.71 bits per heavy atom. The maximum absolute atomic E-state index is 11.6. The summed E-state index contributed by atoms with van der Waals surface area (Å²) in [6.07, 6.45) is 0.534. The molecule has 1 unspecified atom stereocenters. The van der Waals surface area contributed by atoms with Gasteiger partial charge >= 0.3 is 5.97 Å². The number of aliphatic carboxylic acids is 1. The van der Waals surface area contributed by atoms with Crippen molar-refractivity contribution in [3.63, 3.8) is 0 Å². The predicted molar refractivity (Wildman–Crippen MR) is 53.9 cm³/mol. The summed E-state index contributed by atoms with van der Waals surface area (Å²) in [7, 11) is 0. The van der Waals surface area contributed by atoms with Gasteiger partial charge in [-0.25, -0.2) is 4.79 Å². The third kappa shape index (κ3) is 2.19. The monoisotopic (exact) mass is 218 g/mol. The van der Waals surface area contributed by atoms with E-state index >= 15 is 0 Å². The zero-order valence-corrected chi connectivity index (χ0v) is 8.79. The minimum absolute atomic E-state index is 0.259. The molecule has 80 valence electrons. The minimum Gasteiger partial charge on any atom is -0.480 e. The molecule has 1 saturated heterocycles. The molecule has 0 radical (unpaired) electrons. The van der Waals surface area contributed by atoms with Gasteiger partial charge in [-0.1, -0.05) is 6.92 Å². The number of thioether (sulfide) groups is 1. The van der Waals surface area contributed by atoms with Gasteiger partial charge in [-0.2, -0.15) is 0 Å². The Balaban J connectivity index is 2.67. The number of hydrogen-bond donors (Lipinski definition) is 2. The number of nitrogens with two attached hydrogens (primary N) is 1. The third-order valence-electron chi connectivity index (χ3n) is 2.21. The summed E-state index contributed by atoms with van der Waals surface area (Å²) in [6.45, 7) is 1.81. The quantitative estimate of drug-likeness (QED) is 0.680. The number of hydrogen-bond acceptors (Lipinski definition) is 4. The Labute approximate surface area is 86.6 Å². The van der Waals surface area contributed by atoms with Crippen molar-refractivity contribution in [3.8, 4) is 0 Å². The summed E-state index contributed by atoms with van der Waals surface area (Å²) in [5.74, 6) is -0.322. The SMILES string of the molecule is CC[C@@H](N)C(=O)N1CSCC1C(=O)O. The van der Waals surface area contributed by atoms with Gasteiger partial charge in [0.2, 0.25) is 5.91 Å². The van der Waals surface area contributed by atoms with Gasteiger partial charge in [0.1, 0.15) is 6.04 Å². The van der Waals surface area contributed by atoms with Crippen LogP contribution in [0.5, 0.6) is 0 Å². The second kappa shape index (κ2) is 4.65. The van der Waals surface area contributed by atoms with Gasteiger partial charge in [0, 0.05) is 5.75 Å². The smallest absolute Gasteiger partial charge is 0.327 e. The van der Waals surface area contributed by atoms with Crippen LogP contribution in [-0.2, 0) is 9.59 Å². The molecule has 1 rings (SSSR count). The van der Waals surface area contributed by atoms with Gasteiger partial charge in [0.25, 0.3) is 0 Å². The number of carboxylic acids is 1. The Bertz CT molecular complexity index is 247. The highest BCUT2D eigenvalue weighted by molar-refractivity contribution is 7.99. The van der Waals surface area contributed by atoms with Crippen LogP contribution in [0.3, 0.4) is 0 Å². The van der Waals surface area contributed by atoms with Crippen LogP contribution in [0.15, 0.2) is 0 Å². The maximum Gasteiger partial charge on any atom is 0.327 e. The molecule has 0 aromatic rings. The second-order valence-electron chi connectivity index (χ2n) is 3.18. The van der Waals surface area contributed by atoms with Crippen LogP contribution in [-0.4, -0.2) is 45.6 Å². The number of nitrogens with zero attached hydrogens (tertiary/aromatic N) is 1. The van der Waals surface area contributed by atoms with Crippen LogP contribution < -0.4 is 5.73 Å². The molecule has 1 aliphatic rings. The summed E-state index contributed by atoms with van der Waals surface area (Å²) >= 11 is 1.44. The van der Waals surface area contributed by atoms with Crippen molar-refractivity contribution in [3.05, 3.63) is 0 Å². The number of rotatable bonds is 3. The zero-order chi connectivity index (χ0) is 10.7. The Morgan fingerprint density at radius 2 is 2.36 bits per heavy atom. The first kappa shape index (κ1) is 11.3. The van der Waals surface area contributed by atoms with Gasteiger partial charge in [-0.3, -0.25) is 4.79 Å². The molecular formula is C8H14N2O3S. The van der Waals surface area contributed by atoms with Crippen LogP contribution in [0.25, 0.3) is 0 Å². The fraction of sp³-hybridized carbons (Fsp3) is 0.750. The third-order valence-corrected chi connectivity index (χ3v) is 3.22.